The summed E-state index contributed by atoms with van der Waals surface area (Å²) < 4.78 is 1.73. The SMILES string of the molecule is CCc1nn(C)cc1C(=O)N1CCCC(CBr)C1. The second-order valence-electron chi connectivity index (χ2n) is 4.93. The zero-order valence-corrected chi connectivity index (χ0v) is 12.6. The molecule has 1 amide bonds. The van der Waals surface area contributed by atoms with E-state index in [2.05, 4.69) is 21.0 Å². The van der Waals surface area contributed by atoms with Crippen LogP contribution in [0.15, 0.2) is 6.20 Å². The summed E-state index contributed by atoms with van der Waals surface area (Å²) in [4.78, 5) is 14.5. The Balaban J connectivity index is 2.14. The minimum Gasteiger partial charge on any atom is -0.338 e. The van der Waals surface area contributed by atoms with Gasteiger partial charge >= 0.3 is 0 Å². The second kappa shape index (κ2) is 5.87. The molecule has 1 atom stereocenters. The summed E-state index contributed by atoms with van der Waals surface area (Å²) in [6.07, 6.45) is 4.96. The van der Waals surface area contributed by atoms with Gasteiger partial charge < -0.3 is 4.90 Å². The van der Waals surface area contributed by atoms with E-state index < -0.39 is 0 Å². The van der Waals surface area contributed by atoms with Crippen LogP contribution in [-0.2, 0) is 13.5 Å². The van der Waals surface area contributed by atoms with Gasteiger partial charge in [0.05, 0.1) is 11.3 Å². The first-order valence-electron chi connectivity index (χ1n) is 6.53. The Morgan fingerprint density at radius 2 is 2.39 bits per heavy atom. The summed E-state index contributed by atoms with van der Waals surface area (Å²) in [5.74, 6) is 0.732. The minimum atomic E-state index is 0.144. The van der Waals surface area contributed by atoms with Crippen molar-refractivity contribution in [3.8, 4) is 0 Å². The van der Waals surface area contributed by atoms with E-state index in [9.17, 15) is 4.79 Å². The number of halogens is 1. The van der Waals surface area contributed by atoms with Crippen LogP contribution in [0.5, 0.6) is 0 Å². The molecule has 0 bridgehead atoms. The third-order valence-electron chi connectivity index (χ3n) is 3.50. The lowest BCUT2D eigenvalue weighted by atomic mass is 9.99. The number of nitrogens with zero attached hydrogens (tertiary/aromatic N) is 3. The number of rotatable bonds is 3. The quantitative estimate of drug-likeness (QED) is 0.803. The van der Waals surface area contributed by atoms with E-state index in [-0.39, 0.29) is 5.91 Å². The van der Waals surface area contributed by atoms with E-state index in [0.717, 1.165) is 42.5 Å². The van der Waals surface area contributed by atoms with Gasteiger partial charge in [0.25, 0.3) is 5.91 Å². The van der Waals surface area contributed by atoms with Crippen molar-refractivity contribution in [2.75, 3.05) is 18.4 Å². The number of hydrogen-bond donors (Lipinski definition) is 0. The van der Waals surface area contributed by atoms with Crippen LogP contribution in [0.25, 0.3) is 0 Å². The van der Waals surface area contributed by atoms with Crippen molar-refractivity contribution >= 4 is 21.8 Å². The van der Waals surface area contributed by atoms with Gasteiger partial charge in [0.1, 0.15) is 0 Å². The van der Waals surface area contributed by atoms with Gasteiger partial charge in [0, 0.05) is 31.7 Å². The number of likely N-dealkylation sites (tertiary alicyclic amines) is 1. The molecule has 0 N–H and O–H groups in total. The fourth-order valence-electron chi connectivity index (χ4n) is 2.52. The zero-order chi connectivity index (χ0) is 13.1. The monoisotopic (exact) mass is 313 g/mol. The van der Waals surface area contributed by atoms with Gasteiger partial charge in [0.2, 0.25) is 0 Å². The van der Waals surface area contributed by atoms with Gasteiger partial charge in [-0.05, 0) is 25.2 Å². The molecule has 1 aromatic rings. The summed E-state index contributed by atoms with van der Waals surface area (Å²) in [5.41, 5.74) is 1.68. The molecule has 2 rings (SSSR count). The molecule has 100 valence electrons. The van der Waals surface area contributed by atoms with Gasteiger partial charge in [-0.25, -0.2) is 0 Å². The maximum atomic E-state index is 12.5. The smallest absolute Gasteiger partial charge is 0.257 e. The summed E-state index contributed by atoms with van der Waals surface area (Å²) in [6.45, 7) is 3.78. The highest BCUT2D eigenvalue weighted by molar-refractivity contribution is 9.09. The zero-order valence-electron chi connectivity index (χ0n) is 11.0. The lowest BCUT2D eigenvalue weighted by Crippen LogP contribution is -2.40. The molecule has 1 unspecified atom stereocenters. The summed E-state index contributed by atoms with van der Waals surface area (Å²) >= 11 is 3.52. The first-order chi connectivity index (χ1) is 8.65. The van der Waals surface area contributed by atoms with Crippen molar-refractivity contribution in [1.82, 2.24) is 14.7 Å². The first kappa shape index (κ1) is 13.6. The van der Waals surface area contributed by atoms with Crippen molar-refractivity contribution in [3.05, 3.63) is 17.5 Å². The maximum absolute atomic E-state index is 12.5. The molecular weight excluding hydrogens is 294 g/mol. The molecule has 5 heteroatoms. The number of alkyl halides is 1. The van der Waals surface area contributed by atoms with Crippen molar-refractivity contribution in [2.45, 2.75) is 26.2 Å². The van der Waals surface area contributed by atoms with Crippen molar-refractivity contribution in [3.63, 3.8) is 0 Å². The van der Waals surface area contributed by atoms with Gasteiger partial charge in [-0.2, -0.15) is 5.10 Å². The van der Waals surface area contributed by atoms with Gasteiger partial charge in [-0.15, -0.1) is 0 Å². The summed E-state index contributed by atoms with van der Waals surface area (Å²) in [5, 5.41) is 5.32. The van der Waals surface area contributed by atoms with Crippen LogP contribution in [0.2, 0.25) is 0 Å². The molecule has 1 fully saturated rings. The number of aromatic nitrogens is 2. The highest BCUT2D eigenvalue weighted by Crippen LogP contribution is 2.21. The van der Waals surface area contributed by atoms with E-state index in [4.69, 9.17) is 0 Å². The molecule has 2 heterocycles. The molecule has 0 spiro atoms. The Morgan fingerprint density at radius 3 is 3.06 bits per heavy atom. The van der Waals surface area contributed by atoms with Crippen LogP contribution >= 0.6 is 15.9 Å². The predicted molar refractivity (Wildman–Crippen MR) is 75.0 cm³/mol. The van der Waals surface area contributed by atoms with Gasteiger partial charge in [-0.1, -0.05) is 22.9 Å². The van der Waals surface area contributed by atoms with Crippen LogP contribution in [-0.4, -0.2) is 39.0 Å². The van der Waals surface area contributed by atoms with Crippen LogP contribution in [0.3, 0.4) is 0 Å². The molecule has 0 aromatic carbocycles. The Labute approximate surface area is 116 Å². The van der Waals surface area contributed by atoms with Crippen LogP contribution in [0.1, 0.15) is 35.8 Å². The van der Waals surface area contributed by atoms with Gasteiger partial charge in [0.15, 0.2) is 0 Å². The number of aryl methyl sites for hydroxylation is 2. The number of hydrogen-bond acceptors (Lipinski definition) is 2. The highest BCUT2D eigenvalue weighted by atomic mass is 79.9. The summed E-state index contributed by atoms with van der Waals surface area (Å²) in [7, 11) is 1.87. The molecule has 1 aromatic heterocycles. The molecular formula is C13H20BrN3O. The van der Waals surface area contributed by atoms with E-state index in [1.165, 1.54) is 6.42 Å². The van der Waals surface area contributed by atoms with E-state index in [0.29, 0.717) is 5.92 Å². The fraction of sp³-hybridized carbons (Fsp3) is 0.692. The normalized spacial score (nSPS) is 20.2. The summed E-state index contributed by atoms with van der Waals surface area (Å²) in [6, 6.07) is 0. The topological polar surface area (TPSA) is 38.1 Å². The number of piperidine rings is 1. The number of amides is 1. The molecule has 1 saturated heterocycles. The van der Waals surface area contributed by atoms with Gasteiger partial charge in [-0.3, -0.25) is 9.48 Å². The first-order valence-corrected chi connectivity index (χ1v) is 7.65. The predicted octanol–water partition coefficient (Wildman–Crippen LogP) is 2.23. The van der Waals surface area contributed by atoms with E-state index in [1.807, 2.05) is 25.1 Å². The molecule has 1 aliphatic heterocycles. The molecule has 0 aliphatic carbocycles. The Kier molecular flexibility index (Phi) is 4.43. The van der Waals surface area contributed by atoms with E-state index >= 15 is 0 Å². The van der Waals surface area contributed by atoms with Crippen LogP contribution in [0.4, 0.5) is 0 Å². The number of carbonyl (C=O) groups excluding carboxylic acids is 1. The molecule has 4 nitrogen and oxygen atoms in total. The second-order valence-corrected chi connectivity index (χ2v) is 5.58. The third kappa shape index (κ3) is 2.76. The minimum absolute atomic E-state index is 0.144. The Bertz CT molecular complexity index is 430. The highest BCUT2D eigenvalue weighted by Gasteiger charge is 2.26. The van der Waals surface area contributed by atoms with Crippen molar-refractivity contribution in [1.29, 1.82) is 0 Å². The van der Waals surface area contributed by atoms with Crippen LogP contribution < -0.4 is 0 Å². The molecule has 18 heavy (non-hydrogen) atoms. The average molecular weight is 314 g/mol. The van der Waals surface area contributed by atoms with E-state index in [1.54, 1.807) is 4.68 Å². The van der Waals surface area contributed by atoms with Crippen molar-refractivity contribution < 1.29 is 4.79 Å². The third-order valence-corrected chi connectivity index (χ3v) is 4.41. The molecule has 0 saturated carbocycles. The largest absolute Gasteiger partial charge is 0.338 e. The van der Waals surface area contributed by atoms with Crippen LogP contribution in [0, 0.1) is 5.92 Å². The Hall–Kier alpha value is -0.840. The molecule has 1 aliphatic rings. The molecule has 0 radical (unpaired) electrons. The standard InChI is InChI=1S/C13H20BrN3O/c1-3-12-11(9-16(2)15-12)13(18)17-6-4-5-10(7-14)8-17/h9-10H,3-8H2,1-2H3. The lowest BCUT2D eigenvalue weighted by molar-refractivity contribution is 0.0685. The number of carbonyl (C=O) groups is 1. The lowest BCUT2D eigenvalue weighted by Gasteiger charge is -2.31. The fourth-order valence-corrected chi connectivity index (χ4v) is 3.05. The average Bonchev–Trinajstić information content (AvgIpc) is 2.79. The van der Waals surface area contributed by atoms with Crippen molar-refractivity contribution in [2.24, 2.45) is 13.0 Å². The maximum Gasteiger partial charge on any atom is 0.257 e. The Morgan fingerprint density at radius 1 is 1.61 bits per heavy atom.